The summed E-state index contributed by atoms with van der Waals surface area (Å²) in [4.78, 5) is 11.5. The van der Waals surface area contributed by atoms with E-state index in [9.17, 15) is 4.79 Å². The predicted octanol–water partition coefficient (Wildman–Crippen LogP) is 0.178. The molecule has 2 fully saturated rings. The number of primary amides is 1. The first-order valence-corrected chi connectivity index (χ1v) is 6.37. The second kappa shape index (κ2) is 5.33. The highest BCUT2D eigenvalue weighted by molar-refractivity contribution is 5.84. The Balaban J connectivity index is 1.66. The van der Waals surface area contributed by atoms with Crippen LogP contribution in [0.5, 0.6) is 0 Å². The largest absolute Gasteiger partial charge is 0.376 e. The molecule has 0 aromatic rings. The first-order valence-electron chi connectivity index (χ1n) is 6.37. The summed E-state index contributed by atoms with van der Waals surface area (Å²) in [5.74, 6) is -0.267. The van der Waals surface area contributed by atoms with Crippen LogP contribution < -0.4 is 11.1 Å². The Morgan fingerprint density at radius 3 is 2.71 bits per heavy atom. The van der Waals surface area contributed by atoms with Crippen molar-refractivity contribution in [1.82, 2.24) is 5.32 Å². The van der Waals surface area contributed by atoms with Crippen LogP contribution in [0.2, 0.25) is 0 Å². The van der Waals surface area contributed by atoms with Crippen LogP contribution in [0.3, 0.4) is 0 Å². The SMILES string of the molecule is CC(CCCOC1COC1)(NC1CC1)C(N)=O. The first kappa shape index (κ1) is 12.8. The van der Waals surface area contributed by atoms with Crippen molar-refractivity contribution in [3.8, 4) is 0 Å². The number of rotatable bonds is 8. The third kappa shape index (κ3) is 3.66. The van der Waals surface area contributed by atoms with E-state index in [0.717, 1.165) is 25.7 Å². The second-order valence-corrected chi connectivity index (χ2v) is 5.25. The summed E-state index contributed by atoms with van der Waals surface area (Å²) in [7, 11) is 0. The van der Waals surface area contributed by atoms with Crippen LogP contribution in [0.15, 0.2) is 0 Å². The molecule has 2 rings (SSSR count). The summed E-state index contributed by atoms with van der Waals surface area (Å²) in [6.07, 6.45) is 4.13. The fourth-order valence-corrected chi connectivity index (χ4v) is 1.93. The fraction of sp³-hybridized carbons (Fsp3) is 0.917. The standard InChI is InChI=1S/C12H22N2O3/c1-12(11(13)15,14-9-3-4-9)5-2-6-17-10-7-16-8-10/h9-10,14H,2-8H2,1H3,(H2,13,15). The van der Waals surface area contributed by atoms with Gasteiger partial charge in [0.2, 0.25) is 5.91 Å². The van der Waals surface area contributed by atoms with Gasteiger partial charge in [-0.1, -0.05) is 0 Å². The molecule has 1 saturated carbocycles. The van der Waals surface area contributed by atoms with Crippen molar-refractivity contribution in [2.24, 2.45) is 5.73 Å². The van der Waals surface area contributed by atoms with Crippen molar-refractivity contribution in [2.75, 3.05) is 19.8 Å². The molecule has 98 valence electrons. The monoisotopic (exact) mass is 242 g/mol. The predicted molar refractivity (Wildman–Crippen MR) is 63.6 cm³/mol. The lowest BCUT2D eigenvalue weighted by Gasteiger charge is -2.29. The normalized spacial score (nSPS) is 24.1. The summed E-state index contributed by atoms with van der Waals surface area (Å²) in [5.41, 5.74) is 4.88. The van der Waals surface area contributed by atoms with E-state index in [4.69, 9.17) is 15.2 Å². The summed E-state index contributed by atoms with van der Waals surface area (Å²) in [6, 6.07) is 0.480. The minimum atomic E-state index is -0.583. The van der Waals surface area contributed by atoms with Crippen LogP contribution >= 0.6 is 0 Å². The van der Waals surface area contributed by atoms with E-state index in [0.29, 0.717) is 25.9 Å². The Morgan fingerprint density at radius 1 is 1.53 bits per heavy atom. The van der Waals surface area contributed by atoms with Gasteiger partial charge in [-0.05, 0) is 32.6 Å². The third-order valence-electron chi connectivity index (χ3n) is 3.43. The lowest BCUT2D eigenvalue weighted by molar-refractivity contribution is -0.132. The Bertz CT molecular complexity index is 277. The zero-order valence-electron chi connectivity index (χ0n) is 10.4. The Kier molecular flexibility index (Phi) is 4.01. The van der Waals surface area contributed by atoms with Gasteiger partial charge in [-0.15, -0.1) is 0 Å². The van der Waals surface area contributed by atoms with Crippen molar-refractivity contribution >= 4 is 5.91 Å². The highest BCUT2D eigenvalue weighted by Gasteiger charge is 2.36. The molecule has 1 saturated heterocycles. The van der Waals surface area contributed by atoms with Gasteiger partial charge in [0, 0.05) is 12.6 Å². The summed E-state index contributed by atoms with van der Waals surface area (Å²) >= 11 is 0. The van der Waals surface area contributed by atoms with Gasteiger partial charge in [0.25, 0.3) is 0 Å². The number of hydrogen-bond acceptors (Lipinski definition) is 4. The number of carbonyl (C=O) groups excluding carboxylic acids is 1. The van der Waals surface area contributed by atoms with E-state index < -0.39 is 5.54 Å². The highest BCUT2D eigenvalue weighted by Crippen LogP contribution is 2.24. The van der Waals surface area contributed by atoms with Gasteiger partial charge >= 0.3 is 0 Å². The van der Waals surface area contributed by atoms with Gasteiger partial charge in [-0.2, -0.15) is 0 Å². The Morgan fingerprint density at radius 2 is 2.24 bits per heavy atom. The average molecular weight is 242 g/mol. The van der Waals surface area contributed by atoms with Crippen molar-refractivity contribution < 1.29 is 14.3 Å². The fourth-order valence-electron chi connectivity index (χ4n) is 1.93. The van der Waals surface area contributed by atoms with Gasteiger partial charge in [0.15, 0.2) is 0 Å². The third-order valence-corrected chi connectivity index (χ3v) is 3.43. The van der Waals surface area contributed by atoms with Crippen LogP contribution in [-0.4, -0.2) is 43.4 Å². The molecule has 5 heteroatoms. The summed E-state index contributed by atoms with van der Waals surface area (Å²) in [6.45, 7) is 3.96. The Hall–Kier alpha value is -0.650. The maximum atomic E-state index is 11.5. The number of hydrogen-bond donors (Lipinski definition) is 2. The van der Waals surface area contributed by atoms with Crippen LogP contribution in [0, 0.1) is 0 Å². The quantitative estimate of drug-likeness (QED) is 0.595. The number of carbonyl (C=O) groups is 1. The minimum Gasteiger partial charge on any atom is -0.376 e. The molecule has 0 aromatic carbocycles. The molecule has 3 N–H and O–H groups in total. The van der Waals surface area contributed by atoms with E-state index in [1.54, 1.807) is 0 Å². The molecule has 17 heavy (non-hydrogen) atoms. The van der Waals surface area contributed by atoms with E-state index in [-0.39, 0.29) is 12.0 Å². The molecule has 1 aliphatic heterocycles. The molecular weight excluding hydrogens is 220 g/mol. The van der Waals surface area contributed by atoms with Crippen molar-refractivity contribution in [3.05, 3.63) is 0 Å². The van der Waals surface area contributed by atoms with E-state index in [2.05, 4.69) is 5.32 Å². The number of nitrogens with two attached hydrogens (primary N) is 1. The lowest BCUT2D eigenvalue weighted by Crippen LogP contribution is -2.54. The molecule has 5 nitrogen and oxygen atoms in total. The molecule has 0 aromatic heterocycles. The number of nitrogens with one attached hydrogen (secondary N) is 1. The smallest absolute Gasteiger partial charge is 0.237 e. The van der Waals surface area contributed by atoms with Crippen LogP contribution in [0.1, 0.15) is 32.6 Å². The second-order valence-electron chi connectivity index (χ2n) is 5.25. The Labute approximate surface area is 102 Å². The zero-order valence-corrected chi connectivity index (χ0v) is 10.4. The molecule has 1 heterocycles. The molecule has 1 atom stereocenters. The summed E-state index contributed by atoms with van der Waals surface area (Å²) < 4.78 is 10.6. The summed E-state index contributed by atoms with van der Waals surface area (Å²) in [5, 5.41) is 3.33. The molecule has 1 unspecified atom stereocenters. The molecule has 1 aliphatic carbocycles. The van der Waals surface area contributed by atoms with Crippen molar-refractivity contribution in [2.45, 2.75) is 50.3 Å². The van der Waals surface area contributed by atoms with Crippen molar-refractivity contribution in [3.63, 3.8) is 0 Å². The van der Waals surface area contributed by atoms with Crippen LogP contribution in [0.25, 0.3) is 0 Å². The number of ether oxygens (including phenoxy) is 2. The first-order chi connectivity index (χ1) is 8.10. The topological polar surface area (TPSA) is 73.6 Å². The maximum Gasteiger partial charge on any atom is 0.237 e. The highest BCUT2D eigenvalue weighted by atomic mass is 16.6. The van der Waals surface area contributed by atoms with Gasteiger partial charge in [0.05, 0.1) is 18.8 Å². The molecule has 0 spiro atoms. The van der Waals surface area contributed by atoms with E-state index >= 15 is 0 Å². The van der Waals surface area contributed by atoms with Crippen LogP contribution in [0.4, 0.5) is 0 Å². The van der Waals surface area contributed by atoms with E-state index in [1.165, 1.54) is 0 Å². The molecular formula is C12H22N2O3. The molecule has 2 aliphatic rings. The van der Waals surface area contributed by atoms with Gasteiger partial charge < -0.3 is 20.5 Å². The minimum absolute atomic E-state index is 0.256. The molecule has 0 radical (unpaired) electrons. The van der Waals surface area contributed by atoms with Crippen LogP contribution in [-0.2, 0) is 14.3 Å². The maximum absolute atomic E-state index is 11.5. The van der Waals surface area contributed by atoms with Gasteiger partial charge in [-0.3, -0.25) is 4.79 Å². The average Bonchev–Trinajstić information content (AvgIpc) is 2.98. The molecule has 0 bridgehead atoms. The molecule has 1 amide bonds. The zero-order chi connectivity index (χ0) is 12.3. The lowest BCUT2D eigenvalue weighted by atomic mass is 9.95. The van der Waals surface area contributed by atoms with E-state index in [1.807, 2.05) is 6.92 Å². The van der Waals surface area contributed by atoms with Gasteiger partial charge in [0.1, 0.15) is 6.10 Å². The van der Waals surface area contributed by atoms with Gasteiger partial charge in [-0.25, -0.2) is 0 Å². The van der Waals surface area contributed by atoms with Crippen molar-refractivity contribution in [1.29, 1.82) is 0 Å². The number of amides is 1.